The first-order chi connectivity index (χ1) is 12.2. The molecule has 3 N–H and O–H groups in total. The molecule has 0 spiro atoms. The molecule has 1 saturated heterocycles. The highest BCUT2D eigenvalue weighted by molar-refractivity contribution is 6.00. The molecule has 2 aromatic rings. The zero-order valence-electron chi connectivity index (χ0n) is 13.2. The van der Waals surface area contributed by atoms with Crippen LogP contribution in [0.5, 0.6) is 0 Å². The van der Waals surface area contributed by atoms with E-state index >= 15 is 0 Å². The standard InChI is InChI=1S/C17H14F3N3O3/c18-17(19,20)16(26)12(14(24)10-5-2-1-3-6-10)13(22-15(25)23-16)11-7-4-8-21-9-11/h1-9,12-13,26H,(H2,22,23,25)/t12-,13-,16+/m1/s1. The van der Waals surface area contributed by atoms with Crippen molar-refractivity contribution in [1.82, 2.24) is 15.6 Å². The maximum absolute atomic E-state index is 13.7. The van der Waals surface area contributed by atoms with Gasteiger partial charge in [-0.05, 0) is 11.6 Å². The zero-order valence-corrected chi connectivity index (χ0v) is 13.2. The number of amides is 2. The van der Waals surface area contributed by atoms with Crippen LogP contribution in [0.25, 0.3) is 0 Å². The summed E-state index contributed by atoms with van der Waals surface area (Å²) in [6.07, 6.45) is -2.64. The molecule has 2 amide bonds. The van der Waals surface area contributed by atoms with Crippen LogP contribution >= 0.6 is 0 Å². The number of rotatable bonds is 3. The number of nitrogens with one attached hydrogen (secondary N) is 2. The topological polar surface area (TPSA) is 91.3 Å². The second-order valence-electron chi connectivity index (χ2n) is 5.83. The molecular weight excluding hydrogens is 351 g/mol. The molecule has 1 fully saturated rings. The van der Waals surface area contributed by atoms with Gasteiger partial charge in [0.1, 0.15) is 5.92 Å². The molecule has 0 radical (unpaired) electrons. The van der Waals surface area contributed by atoms with Crippen LogP contribution in [0.3, 0.4) is 0 Å². The Morgan fingerprint density at radius 2 is 1.85 bits per heavy atom. The van der Waals surface area contributed by atoms with Crippen molar-refractivity contribution in [3.63, 3.8) is 0 Å². The van der Waals surface area contributed by atoms with E-state index in [0.29, 0.717) is 0 Å². The van der Waals surface area contributed by atoms with Crippen molar-refractivity contribution in [2.45, 2.75) is 17.9 Å². The minimum atomic E-state index is -5.28. The molecule has 26 heavy (non-hydrogen) atoms. The minimum absolute atomic E-state index is 0.0213. The van der Waals surface area contributed by atoms with E-state index in [1.807, 2.05) is 0 Å². The number of ketones is 1. The number of hydrogen-bond donors (Lipinski definition) is 3. The van der Waals surface area contributed by atoms with E-state index in [9.17, 15) is 27.9 Å². The van der Waals surface area contributed by atoms with Crippen molar-refractivity contribution in [3.8, 4) is 0 Å². The number of benzene rings is 1. The summed E-state index contributed by atoms with van der Waals surface area (Å²) in [7, 11) is 0. The van der Waals surface area contributed by atoms with Crippen LogP contribution in [0.15, 0.2) is 54.9 Å². The molecule has 0 bridgehead atoms. The fourth-order valence-electron chi connectivity index (χ4n) is 2.96. The Kier molecular flexibility index (Phi) is 4.41. The normalized spacial score (nSPS) is 25.9. The number of Topliss-reactive ketones (excluding diaryl/α,β-unsaturated/α-hetero) is 1. The van der Waals surface area contributed by atoms with E-state index < -0.39 is 35.7 Å². The Balaban J connectivity index is 2.15. The summed E-state index contributed by atoms with van der Waals surface area (Å²) in [5.74, 6) is -3.02. The summed E-state index contributed by atoms with van der Waals surface area (Å²) in [4.78, 5) is 28.5. The molecule has 1 aromatic carbocycles. The Morgan fingerprint density at radius 3 is 2.42 bits per heavy atom. The Labute approximate surface area is 146 Å². The number of nitrogens with zero attached hydrogens (tertiary/aromatic N) is 1. The molecule has 136 valence electrons. The van der Waals surface area contributed by atoms with Gasteiger partial charge in [-0.1, -0.05) is 36.4 Å². The number of aromatic nitrogens is 1. The maximum atomic E-state index is 13.7. The molecule has 1 aromatic heterocycles. The monoisotopic (exact) mass is 365 g/mol. The molecule has 6 nitrogen and oxygen atoms in total. The van der Waals surface area contributed by atoms with Crippen LogP contribution in [-0.2, 0) is 0 Å². The van der Waals surface area contributed by atoms with Crippen LogP contribution in [0, 0.1) is 5.92 Å². The van der Waals surface area contributed by atoms with Gasteiger partial charge in [0.2, 0.25) is 5.72 Å². The summed E-state index contributed by atoms with van der Waals surface area (Å²) < 4.78 is 41.0. The van der Waals surface area contributed by atoms with Gasteiger partial charge in [0.25, 0.3) is 0 Å². The molecule has 2 heterocycles. The van der Waals surface area contributed by atoms with E-state index in [1.54, 1.807) is 6.07 Å². The third kappa shape index (κ3) is 3.01. The van der Waals surface area contributed by atoms with Gasteiger partial charge in [-0.2, -0.15) is 13.2 Å². The van der Waals surface area contributed by atoms with E-state index in [0.717, 1.165) is 0 Å². The molecular formula is C17H14F3N3O3. The fraction of sp³-hybridized carbons (Fsp3) is 0.235. The lowest BCUT2D eigenvalue weighted by molar-refractivity contribution is -0.287. The second-order valence-corrected chi connectivity index (χ2v) is 5.83. The number of alkyl halides is 3. The number of halogens is 3. The van der Waals surface area contributed by atoms with Crippen molar-refractivity contribution in [2.24, 2.45) is 5.92 Å². The lowest BCUT2D eigenvalue weighted by Crippen LogP contribution is -2.72. The van der Waals surface area contributed by atoms with Crippen molar-refractivity contribution in [1.29, 1.82) is 0 Å². The zero-order chi connectivity index (χ0) is 18.9. The smallest absolute Gasteiger partial charge is 0.363 e. The van der Waals surface area contributed by atoms with Crippen LogP contribution in [0.2, 0.25) is 0 Å². The third-order valence-corrected chi connectivity index (χ3v) is 4.19. The molecule has 3 rings (SSSR count). The second kappa shape index (κ2) is 6.41. The Hall–Kier alpha value is -2.94. The Bertz CT molecular complexity index is 814. The number of pyridine rings is 1. The van der Waals surface area contributed by atoms with Crippen LogP contribution < -0.4 is 10.6 Å². The van der Waals surface area contributed by atoms with E-state index in [2.05, 4.69) is 10.3 Å². The van der Waals surface area contributed by atoms with Gasteiger partial charge in [0, 0.05) is 18.0 Å². The molecule has 1 aliphatic heterocycles. The van der Waals surface area contributed by atoms with E-state index in [-0.39, 0.29) is 11.1 Å². The Morgan fingerprint density at radius 1 is 1.15 bits per heavy atom. The lowest BCUT2D eigenvalue weighted by atomic mass is 9.77. The average molecular weight is 365 g/mol. The van der Waals surface area contributed by atoms with Crippen LogP contribution in [-0.4, -0.2) is 33.8 Å². The molecule has 3 atom stereocenters. The van der Waals surface area contributed by atoms with Crippen LogP contribution in [0.4, 0.5) is 18.0 Å². The average Bonchev–Trinajstić information content (AvgIpc) is 2.61. The van der Waals surface area contributed by atoms with Crippen molar-refractivity contribution < 1.29 is 27.9 Å². The van der Waals surface area contributed by atoms with Crippen molar-refractivity contribution in [3.05, 3.63) is 66.0 Å². The van der Waals surface area contributed by atoms with Gasteiger partial charge >= 0.3 is 12.2 Å². The molecule has 0 aliphatic carbocycles. The molecule has 0 unspecified atom stereocenters. The first-order valence-corrected chi connectivity index (χ1v) is 7.61. The largest absolute Gasteiger partial charge is 0.437 e. The van der Waals surface area contributed by atoms with Crippen molar-refractivity contribution in [2.75, 3.05) is 0 Å². The van der Waals surface area contributed by atoms with Gasteiger partial charge < -0.3 is 15.7 Å². The van der Waals surface area contributed by atoms with Gasteiger partial charge in [-0.15, -0.1) is 0 Å². The summed E-state index contributed by atoms with van der Waals surface area (Å²) in [6, 6.07) is 7.50. The highest BCUT2D eigenvalue weighted by Gasteiger charge is 2.66. The predicted molar refractivity (Wildman–Crippen MR) is 83.9 cm³/mol. The summed E-state index contributed by atoms with van der Waals surface area (Å²) in [5, 5.41) is 14.1. The van der Waals surface area contributed by atoms with Crippen LogP contribution in [0.1, 0.15) is 22.0 Å². The lowest BCUT2D eigenvalue weighted by Gasteiger charge is -2.44. The molecule has 9 heteroatoms. The third-order valence-electron chi connectivity index (χ3n) is 4.19. The first kappa shape index (κ1) is 17.9. The summed E-state index contributed by atoms with van der Waals surface area (Å²) in [6.45, 7) is 0. The maximum Gasteiger partial charge on any atom is 0.437 e. The fourth-order valence-corrected chi connectivity index (χ4v) is 2.96. The number of carbonyl (C=O) groups is 2. The van der Waals surface area contributed by atoms with Gasteiger partial charge in [0.15, 0.2) is 5.78 Å². The van der Waals surface area contributed by atoms with Gasteiger partial charge in [0.05, 0.1) is 6.04 Å². The number of carbonyl (C=O) groups excluding carboxylic acids is 2. The summed E-state index contributed by atoms with van der Waals surface area (Å²) in [5.41, 5.74) is -3.59. The minimum Gasteiger partial charge on any atom is -0.363 e. The number of aliphatic hydroxyl groups is 1. The van der Waals surface area contributed by atoms with Gasteiger partial charge in [-0.25, -0.2) is 4.79 Å². The van der Waals surface area contributed by atoms with Gasteiger partial charge in [-0.3, -0.25) is 9.78 Å². The molecule has 1 aliphatic rings. The SMILES string of the molecule is O=C1N[C@H](c2cccnc2)[C@H](C(=O)c2ccccc2)[C@](O)(C(F)(F)F)N1. The highest BCUT2D eigenvalue weighted by atomic mass is 19.4. The van der Waals surface area contributed by atoms with E-state index in [1.165, 1.54) is 54.1 Å². The quantitative estimate of drug-likeness (QED) is 0.727. The first-order valence-electron chi connectivity index (χ1n) is 7.61. The highest BCUT2D eigenvalue weighted by Crippen LogP contribution is 2.43. The molecule has 0 saturated carbocycles. The number of hydrogen-bond acceptors (Lipinski definition) is 4. The van der Waals surface area contributed by atoms with E-state index in [4.69, 9.17) is 0 Å². The summed E-state index contributed by atoms with van der Waals surface area (Å²) >= 11 is 0. The number of urea groups is 1. The predicted octanol–water partition coefficient (Wildman–Crippen LogP) is 2.19. The van der Waals surface area contributed by atoms with Crippen molar-refractivity contribution >= 4 is 11.8 Å².